The Labute approximate surface area is 138 Å². The van der Waals surface area contributed by atoms with E-state index in [2.05, 4.69) is 54.6 Å². The van der Waals surface area contributed by atoms with Gasteiger partial charge in [0.2, 0.25) is 0 Å². The average Bonchev–Trinajstić information content (AvgIpc) is 3.03. The lowest BCUT2D eigenvalue weighted by Gasteiger charge is -2.12. The topological polar surface area (TPSA) is 30.7 Å². The third kappa shape index (κ3) is 4.16. The Morgan fingerprint density at radius 2 is 1.91 bits per heavy atom. The van der Waals surface area contributed by atoms with E-state index in [-0.39, 0.29) is 0 Å². The maximum Gasteiger partial charge on any atom is 0.0697 e. The van der Waals surface area contributed by atoms with Crippen molar-refractivity contribution < 1.29 is 0 Å². The molecule has 0 atom stereocenters. The van der Waals surface area contributed by atoms with E-state index in [4.69, 9.17) is 0 Å². The van der Waals surface area contributed by atoms with Gasteiger partial charge in [-0.3, -0.25) is 0 Å². The second-order valence-electron chi connectivity index (χ2n) is 5.63. The van der Waals surface area contributed by atoms with Gasteiger partial charge < -0.3 is 0 Å². The van der Waals surface area contributed by atoms with Gasteiger partial charge >= 0.3 is 0 Å². The fraction of sp³-hybridized carbons (Fsp3) is 0.200. The zero-order valence-corrected chi connectivity index (χ0v) is 14.1. The smallest absolute Gasteiger partial charge is 0.0697 e. The van der Waals surface area contributed by atoms with Gasteiger partial charge in [0.25, 0.3) is 0 Å². The van der Waals surface area contributed by atoms with Gasteiger partial charge in [0.15, 0.2) is 0 Å². The van der Waals surface area contributed by atoms with Crippen LogP contribution in [0.1, 0.15) is 30.5 Å². The molecule has 2 aromatic rings. The van der Waals surface area contributed by atoms with Crippen molar-refractivity contribution in [3.63, 3.8) is 0 Å². The summed E-state index contributed by atoms with van der Waals surface area (Å²) in [5.41, 5.74) is 7.00. The number of hydrogen-bond donors (Lipinski definition) is 0. The molecule has 1 aromatic carbocycles. The molecule has 0 fully saturated rings. The summed E-state index contributed by atoms with van der Waals surface area (Å²) in [6.07, 6.45) is 10.1. The van der Waals surface area contributed by atoms with Crippen molar-refractivity contribution in [3.8, 4) is 0 Å². The molecule has 0 saturated carbocycles. The third-order valence-electron chi connectivity index (χ3n) is 3.76. The van der Waals surface area contributed by atoms with Crippen LogP contribution in [-0.2, 0) is 6.42 Å². The minimum Gasteiger partial charge on any atom is -0.157 e. The van der Waals surface area contributed by atoms with Gasteiger partial charge in [0, 0.05) is 0 Å². The van der Waals surface area contributed by atoms with Crippen molar-refractivity contribution in [1.29, 1.82) is 0 Å². The summed E-state index contributed by atoms with van der Waals surface area (Å²) in [6.45, 7) is 14.1. The predicted octanol–water partition coefficient (Wildman–Crippen LogP) is 4.84. The van der Waals surface area contributed by atoms with Crippen molar-refractivity contribution in [3.05, 3.63) is 84.2 Å². The van der Waals surface area contributed by atoms with Crippen LogP contribution in [-0.4, -0.2) is 15.0 Å². The lowest BCUT2D eigenvalue weighted by atomic mass is 9.93. The molecular formula is C20H23N3. The first-order valence-corrected chi connectivity index (χ1v) is 7.64. The second-order valence-corrected chi connectivity index (χ2v) is 5.63. The molecule has 0 saturated heterocycles. The molecule has 0 radical (unpaired) electrons. The molecular weight excluding hydrogens is 282 g/mol. The van der Waals surface area contributed by atoms with Crippen molar-refractivity contribution >= 4 is 11.3 Å². The fourth-order valence-electron chi connectivity index (χ4n) is 2.59. The lowest BCUT2D eigenvalue weighted by molar-refractivity contribution is 0.764. The van der Waals surface area contributed by atoms with Gasteiger partial charge in [0.05, 0.1) is 18.1 Å². The molecule has 0 bridgehead atoms. The summed E-state index contributed by atoms with van der Waals surface area (Å²) in [5.74, 6) is 0. The molecule has 1 aromatic heterocycles. The van der Waals surface area contributed by atoms with Crippen LogP contribution in [0.4, 0.5) is 0 Å². The number of nitrogens with zero attached hydrogens (tertiary/aromatic N) is 3. The van der Waals surface area contributed by atoms with Crippen molar-refractivity contribution in [2.75, 3.05) is 0 Å². The molecule has 2 rings (SSSR count). The molecule has 23 heavy (non-hydrogen) atoms. The number of rotatable bonds is 6. The number of hydrogen-bond acceptors (Lipinski definition) is 2. The monoisotopic (exact) mass is 305 g/mol. The lowest BCUT2D eigenvalue weighted by Crippen LogP contribution is -2.00. The van der Waals surface area contributed by atoms with Gasteiger partial charge in [-0.05, 0) is 55.5 Å². The van der Waals surface area contributed by atoms with Crippen LogP contribution in [0.25, 0.3) is 11.3 Å². The highest BCUT2D eigenvalue weighted by atomic mass is 15.5. The van der Waals surface area contributed by atoms with E-state index in [0.29, 0.717) is 0 Å². The second kappa shape index (κ2) is 7.54. The highest BCUT2D eigenvalue weighted by molar-refractivity contribution is 5.66. The van der Waals surface area contributed by atoms with Gasteiger partial charge in [-0.15, -0.1) is 0 Å². The van der Waals surface area contributed by atoms with E-state index in [1.54, 1.807) is 17.2 Å². The zero-order valence-electron chi connectivity index (χ0n) is 14.1. The molecule has 0 amide bonds. The van der Waals surface area contributed by atoms with E-state index >= 15 is 0 Å². The minimum atomic E-state index is 0.831. The standard InChI is InChI=1S/C20H23N3/c1-6-8-18(13-16(4)23-21-11-12-22-23)14-19-9-7-10-20(15(2)3)17(19)5/h6-13H,1-2,14H2,3-5H3/b16-13+,18-8+. The number of aromatic nitrogens is 3. The van der Waals surface area contributed by atoms with Gasteiger partial charge in [-0.2, -0.15) is 15.0 Å². The third-order valence-corrected chi connectivity index (χ3v) is 3.76. The quantitative estimate of drug-likeness (QED) is 0.715. The molecule has 0 aliphatic carbocycles. The molecule has 0 spiro atoms. The first kappa shape index (κ1) is 16.7. The van der Waals surface area contributed by atoms with Crippen LogP contribution < -0.4 is 0 Å². The van der Waals surface area contributed by atoms with Crippen LogP contribution in [0.2, 0.25) is 0 Å². The molecule has 3 heteroatoms. The Bertz CT molecular complexity index is 762. The summed E-state index contributed by atoms with van der Waals surface area (Å²) >= 11 is 0. The highest BCUT2D eigenvalue weighted by Gasteiger charge is 2.07. The fourth-order valence-corrected chi connectivity index (χ4v) is 2.59. The highest BCUT2D eigenvalue weighted by Crippen LogP contribution is 2.23. The van der Waals surface area contributed by atoms with E-state index in [0.717, 1.165) is 23.3 Å². The van der Waals surface area contributed by atoms with Gasteiger partial charge in [-0.1, -0.05) is 49.1 Å². The molecule has 0 aliphatic heterocycles. The Morgan fingerprint density at radius 3 is 2.52 bits per heavy atom. The Morgan fingerprint density at radius 1 is 1.22 bits per heavy atom. The Kier molecular flexibility index (Phi) is 5.47. The van der Waals surface area contributed by atoms with E-state index in [9.17, 15) is 0 Å². The predicted molar refractivity (Wildman–Crippen MR) is 97.8 cm³/mol. The Hall–Kier alpha value is -2.68. The molecule has 0 unspecified atom stereocenters. The molecule has 0 N–H and O–H groups in total. The summed E-state index contributed by atoms with van der Waals surface area (Å²) in [4.78, 5) is 1.62. The minimum absolute atomic E-state index is 0.831. The van der Waals surface area contributed by atoms with Crippen LogP contribution >= 0.6 is 0 Å². The largest absolute Gasteiger partial charge is 0.157 e. The maximum absolute atomic E-state index is 4.16. The first-order valence-electron chi connectivity index (χ1n) is 7.64. The van der Waals surface area contributed by atoms with E-state index < -0.39 is 0 Å². The van der Waals surface area contributed by atoms with E-state index in [1.807, 2.05) is 26.0 Å². The van der Waals surface area contributed by atoms with Crippen LogP contribution in [0.3, 0.4) is 0 Å². The number of allylic oxidation sites excluding steroid dienone is 6. The zero-order chi connectivity index (χ0) is 16.8. The molecule has 118 valence electrons. The molecule has 0 aliphatic rings. The Balaban J connectivity index is 2.33. The van der Waals surface area contributed by atoms with E-state index in [1.165, 1.54) is 16.7 Å². The van der Waals surface area contributed by atoms with Crippen molar-refractivity contribution in [1.82, 2.24) is 15.0 Å². The van der Waals surface area contributed by atoms with Crippen LogP contribution in [0.15, 0.2) is 67.6 Å². The average molecular weight is 305 g/mol. The summed E-state index contributed by atoms with van der Waals surface area (Å²) in [5, 5.41) is 8.33. The van der Waals surface area contributed by atoms with Crippen molar-refractivity contribution in [2.24, 2.45) is 0 Å². The molecule has 1 heterocycles. The summed E-state index contributed by atoms with van der Waals surface area (Å²) in [6, 6.07) is 6.37. The first-order chi connectivity index (χ1) is 11.0. The summed E-state index contributed by atoms with van der Waals surface area (Å²) in [7, 11) is 0. The molecule has 3 nitrogen and oxygen atoms in total. The van der Waals surface area contributed by atoms with Crippen molar-refractivity contribution in [2.45, 2.75) is 27.2 Å². The van der Waals surface area contributed by atoms with Gasteiger partial charge in [0.1, 0.15) is 0 Å². The number of benzene rings is 1. The SMILES string of the molecule is C=C/C=C(\C=C(/C)n1nccn1)Cc1cccc(C(=C)C)c1C. The summed E-state index contributed by atoms with van der Waals surface area (Å²) < 4.78 is 0. The van der Waals surface area contributed by atoms with Crippen LogP contribution in [0.5, 0.6) is 0 Å². The maximum atomic E-state index is 4.16. The normalized spacial score (nSPS) is 12.3. The van der Waals surface area contributed by atoms with Crippen LogP contribution in [0, 0.1) is 6.92 Å². The van der Waals surface area contributed by atoms with Gasteiger partial charge in [-0.25, -0.2) is 0 Å².